The van der Waals surface area contributed by atoms with E-state index in [0.717, 1.165) is 4.90 Å². The smallest absolute Gasteiger partial charge is 0.410 e. The molecule has 0 aromatic carbocycles. The van der Waals surface area contributed by atoms with Crippen LogP contribution in [-0.4, -0.2) is 207 Å². The van der Waals surface area contributed by atoms with Gasteiger partial charge in [-0.2, -0.15) is 0 Å². The number of likely N-dealkylation sites (N-methyl/N-ethyl adjacent to an activating group) is 1. The molecule has 0 spiro atoms. The number of amides is 6. The predicted molar refractivity (Wildman–Crippen MR) is 285 cm³/mol. The van der Waals surface area contributed by atoms with Gasteiger partial charge in [0.15, 0.2) is 6.29 Å². The van der Waals surface area contributed by atoms with Gasteiger partial charge in [-0.25, -0.2) is 24.0 Å². The lowest BCUT2D eigenvalue weighted by molar-refractivity contribution is -0.306. The SMILES string of the molecule is CN(C(=O)OC(C)(C)C)[C@@H]1[C@@H](O)[C@@H](O[C@@H]2[C@@H](O)[C@H](C3OC(CNCC4CC(NC(=O)OC(C)(C)C)C4)=CC[C@H]3NC(=O)OC(C)(C)C)[C@@H](NC(=O)OC(C)(C)C)C[C@H]2NC(=O)C(O)C2CN(C(=O)OC(C)(C)C)C2)OC[C@]1(C)O. The Morgan fingerprint density at radius 2 is 1.24 bits per heavy atom. The number of carbonyl (C=O) groups is 6. The Balaban J connectivity index is 1.50. The van der Waals surface area contributed by atoms with Crippen LogP contribution in [0.5, 0.6) is 0 Å². The fourth-order valence-electron chi connectivity index (χ4n) is 10.3. The number of nitrogens with zero attached hydrogens (tertiary/aromatic N) is 2. The third-order valence-electron chi connectivity index (χ3n) is 13.6. The first-order valence-corrected chi connectivity index (χ1v) is 27.4. The molecule has 452 valence electrons. The Bertz CT molecular complexity index is 2170. The molecule has 2 unspecified atom stereocenters. The first-order valence-electron chi connectivity index (χ1n) is 27.4. The predicted octanol–water partition coefficient (Wildman–Crippen LogP) is 3.52. The normalized spacial score (nSPS) is 31.1. The first-order chi connectivity index (χ1) is 36.1. The van der Waals surface area contributed by atoms with Gasteiger partial charge in [-0.15, -0.1) is 0 Å². The standard InChI is InChI=1S/C54H93N7O18/c1-49(2,3)75-44(66)56-30-20-28(21-30)23-55-24-31-18-19-32(58-45(67)76-50(4,5)6)39(73-31)35-33(59-46(68)77-51(7,8)9)22-34(57-42(65)36(62)29-25-61(26-29)48(70)79-53(13,14)15)40(37(35)63)74-43-38(64)41(54(16,71)27-72-43)60(17)47(69)78-52(10,11)12/h18,28-30,32-41,43,55,62-64,71H,19-27H2,1-17H3,(H,56,66)(H,57,65)(H,58,67)(H,59,68)/t28?,30?,32-,33+,34-,35-,36?,37+,38-,39?,40+,41-,43-,54+/m1/s1. The molecule has 25 heteroatoms. The zero-order valence-corrected chi connectivity index (χ0v) is 49.4. The molecular weight excluding hydrogens is 1030 g/mol. The molecule has 5 rings (SSSR count). The van der Waals surface area contributed by atoms with Crippen LogP contribution in [0, 0.1) is 17.8 Å². The van der Waals surface area contributed by atoms with Crippen molar-refractivity contribution in [3.63, 3.8) is 0 Å². The Morgan fingerprint density at radius 3 is 1.77 bits per heavy atom. The Kier molecular flexibility index (Phi) is 20.6. The highest BCUT2D eigenvalue weighted by Gasteiger charge is 2.57. The van der Waals surface area contributed by atoms with Crippen LogP contribution in [0.4, 0.5) is 24.0 Å². The molecule has 2 saturated carbocycles. The van der Waals surface area contributed by atoms with Crippen molar-refractivity contribution in [2.45, 2.75) is 237 Å². The van der Waals surface area contributed by atoms with E-state index in [2.05, 4.69) is 26.6 Å². The van der Waals surface area contributed by atoms with Crippen molar-refractivity contribution in [2.24, 2.45) is 17.8 Å². The summed E-state index contributed by atoms with van der Waals surface area (Å²) in [6.07, 6.45) is -10.4. The van der Waals surface area contributed by atoms with Crippen molar-refractivity contribution in [1.82, 2.24) is 36.4 Å². The molecule has 5 aliphatic rings. The first kappa shape index (κ1) is 64.9. The van der Waals surface area contributed by atoms with Crippen molar-refractivity contribution in [1.29, 1.82) is 0 Å². The van der Waals surface area contributed by atoms with Crippen LogP contribution in [-0.2, 0) is 42.7 Å². The molecule has 6 amide bonds. The van der Waals surface area contributed by atoms with Gasteiger partial charge in [0, 0.05) is 44.1 Å². The maximum absolute atomic E-state index is 14.3. The van der Waals surface area contributed by atoms with Crippen molar-refractivity contribution >= 4 is 36.4 Å². The molecule has 2 saturated heterocycles. The van der Waals surface area contributed by atoms with E-state index in [9.17, 15) is 49.2 Å². The van der Waals surface area contributed by atoms with Gasteiger partial charge in [-0.3, -0.25) is 4.79 Å². The van der Waals surface area contributed by atoms with Crippen LogP contribution < -0.4 is 26.6 Å². The van der Waals surface area contributed by atoms with Gasteiger partial charge in [0.1, 0.15) is 63.8 Å². The van der Waals surface area contributed by atoms with Gasteiger partial charge in [0.2, 0.25) is 5.91 Å². The summed E-state index contributed by atoms with van der Waals surface area (Å²) < 4.78 is 47.2. The molecule has 9 N–H and O–H groups in total. The van der Waals surface area contributed by atoms with Crippen LogP contribution in [0.2, 0.25) is 0 Å². The molecule has 4 fully saturated rings. The Hall–Kier alpha value is -4.92. The second kappa shape index (κ2) is 25.1. The van der Waals surface area contributed by atoms with Crippen molar-refractivity contribution in [3.8, 4) is 0 Å². The molecule has 3 aliphatic heterocycles. The van der Waals surface area contributed by atoms with Gasteiger partial charge < -0.3 is 94.7 Å². The number of hydrogen-bond donors (Lipinski definition) is 9. The lowest BCUT2D eigenvalue weighted by Gasteiger charge is -2.52. The summed E-state index contributed by atoms with van der Waals surface area (Å²) in [4.78, 5) is 82.8. The zero-order chi connectivity index (χ0) is 59.5. The number of aliphatic hydroxyl groups excluding tert-OH is 3. The average molecular weight is 1130 g/mol. The molecule has 12 atom stereocenters. The molecule has 25 nitrogen and oxygen atoms in total. The second-order valence-corrected chi connectivity index (χ2v) is 27.0. The summed E-state index contributed by atoms with van der Waals surface area (Å²) in [6.45, 7) is 27.1. The van der Waals surface area contributed by atoms with Crippen molar-refractivity contribution in [3.05, 3.63) is 11.8 Å². The minimum Gasteiger partial charge on any atom is -0.491 e. The highest BCUT2D eigenvalue weighted by atomic mass is 16.7. The van der Waals surface area contributed by atoms with Crippen LogP contribution in [0.15, 0.2) is 11.8 Å². The van der Waals surface area contributed by atoms with Crippen LogP contribution in [0.25, 0.3) is 0 Å². The summed E-state index contributed by atoms with van der Waals surface area (Å²) in [5, 5.41) is 63.2. The highest BCUT2D eigenvalue weighted by Crippen LogP contribution is 2.39. The maximum atomic E-state index is 14.3. The summed E-state index contributed by atoms with van der Waals surface area (Å²) in [6, 6.07) is -4.89. The van der Waals surface area contributed by atoms with Gasteiger partial charge in [0.25, 0.3) is 0 Å². The average Bonchev–Trinajstić information content (AvgIpc) is 3.21. The minimum atomic E-state index is -1.88. The lowest BCUT2D eigenvalue weighted by atomic mass is 9.72. The third kappa shape index (κ3) is 19.1. The molecule has 0 bridgehead atoms. The molecular formula is C54H93N7O18. The lowest BCUT2D eigenvalue weighted by Crippen LogP contribution is -2.71. The van der Waals surface area contributed by atoms with Gasteiger partial charge in [-0.05, 0) is 155 Å². The number of nitrogens with one attached hydrogen (secondary N) is 5. The van der Waals surface area contributed by atoms with E-state index >= 15 is 0 Å². The Morgan fingerprint density at radius 1 is 0.722 bits per heavy atom. The van der Waals surface area contributed by atoms with Crippen molar-refractivity contribution in [2.75, 3.05) is 39.8 Å². The summed E-state index contributed by atoms with van der Waals surface area (Å²) in [7, 11) is 1.33. The number of rotatable bonds is 14. The minimum absolute atomic E-state index is 0.0154. The van der Waals surface area contributed by atoms with E-state index in [-0.39, 0.29) is 44.4 Å². The van der Waals surface area contributed by atoms with E-state index in [0.29, 0.717) is 25.1 Å². The number of aliphatic hydroxyl groups is 4. The fraction of sp³-hybridized carbons (Fsp3) is 0.852. The largest absolute Gasteiger partial charge is 0.491 e. The number of hydrogen-bond acceptors (Lipinski definition) is 19. The van der Waals surface area contributed by atoms with E-state index < -0.39 is 149 Å². The van der Waals surface area contributed by atoms with E-state index in [4.69, 9.17) is 37.9 Å². The zero-order valence-electron chi connectivity index (χ0n) is 49.4. The molecule has 79 heavy (non-hydrogen) atoms. The van der Waals surface area contributed by atoms with E-state index in [1.807, 2.05) is 0 Å². The maximum Gasteiger partial charge on any atom is 0.410 e. The molecule has 2 aliphatic carbocycles. The monoisotopic (exact) mass is 1130 g/mol. The van der Waals surface area contributed by atoms with E-state index in [1.54, 1.807) is 110 Å². The number of carbonyl (C=O) groups excluding carboxylic acids is 6. The highest BCUT2D eigenvalue weighted by molar-refractivity contribution is 5.82. The third-order valence-corrected chi connectivity index (χ3v) is 13.6. The Labute approximate surface area is 465 Å². The van der Waals surface area contributed by atoms with Crippen LogP contribution >= 0.6 is 0 Å². The summed E-state index contributed by atoms with van der Waals surface area (Å²) >= 11 is 0. The number of likely N-dealkylation sites (tertiary alicyclic amines) is 1. The van der Waals surface area contributed by atoms with Crippen LogP contribution in [0.1, 0.15) is 136 Å². The van der Waals surface area contributed by atoms with Gasteiger partial charge in [-0.1, -0.05) is 0 Å². The molecule has 3 heterocycles. The summed E-state index contributed by atoms with van der Waals surface area (Å²) in [5.41, 5.74) is -6.18. The quantitative estimate of drug-likeness (QED) is 0.112. The number of ether oxygens (including phenoxy) is 8. The number of alkyl carbamates (subject to hydrolysis) is 3. The second-order valence-electron chi connectivity index (χ2n) is 27.0. The summed E-state index contributed by atoms with van der Waals surface area (Å²) in [5.74, 6) is -2.25. The van der Waals surface area contributed by atoms with Gasteiger partial charge >= 0.3 is 30.5 Å². The van der Waals surface area contributed by atoms with Crippen LogP contribution in [0.3, 0.4) is 0 Å². The molecule has 0 radical (unpaired) electrons. The fourth-order valence-corrected chi connectivity index (χ4v) is 10.3. The molecule has 0 aromatic rings. The van der Waals surface area contributed by atoms with E-state index in [1.165, 1.54) is 18.9 Å². The van der Waals surface area contributed by atoms with Crippen molar-refractivity contribution < 1.29 is 87.1 Å². The molecule has 0 aromatic heterocycles. The topological polar surface area (TPSA) is 324 Å². The van der Waals surface area contributed by atoms with Gasteiger partial charge in [0.05, 0.1) is 37.4 Å².